The van der Waals surface area contributed by atoms with Crippen LogP contribution in [0.2, 0.25) is 0 Å². The SMILES string of the molecule is CC1(CCc2ccc(N)cc2)OCCO1. The lowest BCUT2D eigenvalue weighted by molar-refractivity contribution is -0.146. The van der Waals surface area contributed by atoms with E-state index in [9.17, 15) is 0 Å². The minimum atomic E-state index is -0.388. The summed E-state index contributed by atoms with van der Waals surface area (Å²) in [5.74, 6) is -0.388. The Hall–Kier alpha value is -1.06. The van der Waals surface area contributed by atoms with E-state index in [1.807, 2.05) is 31.2 Å². The van der Waals surface area contributed by atoms with Gasteiger partial charge in [-0.1, -0.05) is 12.1 Å². The standard InChI is InChI=1S/C12H17NO2/c1-12(14-8-9-15-12)7-6-10-2-4-11(13)5-3-10/h2-5H,6-9,13H2,1H3. The first-order chi connectivity index (χ1) is 7.18. The van der Waals surface area contributed by atoms with Crippen LogP contribution in [0.4, 0.5) is 5.69 Å². The Bertz CT molecular complexity index is 315. The maximum absolute atomic E-state index is 5.62. The van der Waals surface area contributed by atoms with Gasteiger partial charge in [-0.3, -0.25) is 0 Å². The number of hydrogen-bond donors (Lipinski definition) is 1. The number of hydrogen-bond acceptors (Lipinski definition) is 3. The summed E-state index contributed by atoms with van der Waals surface area (Å²) in [6, 6.07) is 7.95. The molecule has 1 heterocycles. The van der Waals surface area contributed by atoms with Gasteiger partial charge in [-0.2, -0.15) is 0 Å². The van der Waals surface area contributed by atoms with Gasteiger partial charge in [0.25, 0.3) is 0 Å². The van der Waals surface area contributed by atoms with E-state index < -0.39 is 0 Å². The summed E-state index contributed by atoms with van der Waals surface area (Å²) in [5.41, 5.74) is 7.69. The first-order valence-electron chi connectivity index (χ1n) is 5.30. The van der Waals surface area contributed by atoms with Crippen LogP contribution in [0.5, 0.6) is 0 Å². The fourth-order valence-corrected chi connectivity index (χ4v) is 1.76. The lowest BCUT2D eigenvalue weighted by atomic mass is 10.1. The zero-order chi connectivity index (χ0) is 10.7. The van der Waals surface area contributed by atoms with Gasteiger partial charge in [-0.25, -0.2) is 0 Å². The fourth-order valence-electron chi connectivity index (χ4n) is 1.76. The minimum Gasteiger partial charge on any atom is -0.399 e. The van der Waals surface area contributed by atoms with Crippen molar-refractivity contribution in [3.05, 3.63) is 29.8 Å². The highest BCUT2D eigenvalue weighted by Gasteiger charge is 2.30. The first kappa shape index (κ1) is 10.5. The third-order valence-electron chi connectivity index (χ3n) is 2.75. The van der Waals surface area contributed by atoms with Gasteiger partial charge in [-0.05, 0) is 31.0 Å². The van der Waals surface area contributed by atoms with E-state index in [1.165, 1.54) is 5.56 Å². The van der Waals surface area contributed by atoms with Gasteiger partial charge >= 0.3 is 0 Å². The van der Waals surface area contributed by atoms with Crippen molar-refractivity contribution in [2.24, 2.45) is 0 Å². The Labute approximate surface area is 90.2 Å². The average molecular weight is 207 g/mol. The largest absolute Gasteiger partial charge is 0.399 e. The molecule has 0 radical (unpaired) electrons. The Morgan fingerprint density at radius 1 is 1.20 bits per heavy atom. The molecule has 1 aromatic carbocycles. The van der Waals surface area contributed by atoms with E-state index in [-0.39, 0.29) is 5.79 Å². The molecule has 0 amide bonds. The predicted octanol–water partition coefficient (Wildman–Crippen LogP) is 1.96. The molecule has 1 fully saturated rings. The second-order valence-corrected chi connectivity index (χ2v) is 4.07. The van der Waals surface area contributed by atoms with E-state index in [0.29, 0.717) is 13.2 Å². The minimum absolute atomic E-state index is 0.388. The van der Waals surface area contributed by atoms with Crippen LogP contribution in [-0.2, 0) is 15.9 Å². The van der Waals surface area contributed by atoms with E-state index in [1.54, 1.807) is 0 Å². The molecule has 1 saturated heterocycles. The molecule has 0 saturated carbocycles. The molecular weight excluding hydrogens is 190 g/mol. The summed E-state index contributed by atoms with van der Waals surface area (Å²) in [6.07, 6.45) is 1.84. The van der Waals surface area contributed by atoms with Crippen molar-refractivity contribution in [2.45, 2.75) is 25.6 Å². The van der Waals surface area contributed by atoms with Crippen LogP contribution in [0.3, 0.4) is 0 Å². The first-order valence-corrected chi connectivity index (χ1v) is 5.30. The summed E-state index contributed by atoms with van der Waals surface area (Å²) in [7, 11) is 0. The van der Waals surface area contributed by atoms with E-state index in [2.05, 4.69) is 0 Å². The number of aryl methyl sites for hydroxylation is 1. The lowest BCUT2D eigenvalue weighted by Crippen LogP contribution is -2.26. The third-order valence-corrected chi connectivity index (χ3v) is 2.75. The number of anilines is 1. The van der Waals surface area contributed by atoms with Crippen molar-refractivity contribution in [2.75, 3.05) is 18.9 Å². The highest BCUT2D eigenvalue weighted by Crippen LogP contribution is 2.24. The van der Waals surface area contributed by atoms with E-state index in [4.69, 9.17) is 15.2 Å². The van der Waals surface area contributed by atoms with Crippen LogP contribution in [0.25, 0.3) is 0 Å². The highest BCUT2D eigenvalue weighted by atomic mass is 16.7. The molecule has 0 atom stereocenters. The van der Waals surface area contributed by atoms with Crippen LogP contribution in [0, 0.1) is 0 Å². The number of benzene rings is 1. The number of rotatable bonds is 3. The van der Waals surface area contributed by atoms with Gasteiger partial charge in [-0.15, -0.1) is 0 Å². The van der Waals surface area contributed by atoms with Crippen molar-refractivity contribution in [1.29, 1.82) is 0 Å². The Morgan fingerprint density at radius 3 is 2.40 bits per heavy atom. The van der Waals surface area contributed by atoms with Crippen LogP contribution >= 0.6 is 0 Å². The molecule has 3 nitrogen and oxygen atoms in total. The van der Waals surface area contributed by atoms with Crippen LogP contribution in [0.1, 0.15) is 18.9 Å². The van der Waals surface area contributed by atoms with Crippen molar-refractivity contribution in [3.63, 3.8) is 0 Å². The molecule has 0 unspecified atom stereocenters. The van der Waals surface area contributed by atoms with Gasteiger partial charge in [0.2, 0.25) is 0 Å². The van der Waals surface area contributed by atoms with E-state index in [0.717, 1.165) is 18.5 Å². The number of nitrogen functional groups attached to an aromatic ring is 1. The Morgan fingerprint density at radius 2 is 1.80 bits per heavy atom. The number of nitrogens with two attached hydrogens (primary N) is 1. The molecule has 2 rings (SSSR count). The van der Waals surface area contributed by atoms with Crippen molar-refractivity contribution >= 4 is 5.69 Å². The second kappa shape index (κ2) is 4.21. The Kier molecular flexibility index (Phi) is 2.93. The van der Waals surface area contributed by atoms with Gasteiger partial charge in [0.05, 0.1) is 13.2 Å². The number of ether oxygens (including phenoxy) is 2. The molecule has 15 heavy (non-hydrogen) atoms. The fraction of sp³-hybridized carbons (Fsp3) is 0.500. The van der Waals surface area contributed by atoms with Crippen LogP contribution in [-0.4, -0.2) is 19.0 Å². The molecule has 1 aliphatic rings. The summed E-state index contributed by atoms with van der Waals surface area (Å²) in [4.78, 5) is 0. The summed E-state index contributed by atoms with van der Waals surface area (Å²) in [6.45, 7) is 3.41. The van der Waals surface area contributed by atoms with Crippen LogP contribution < -0.4 is 5.73 Å². The molecule has 2 N–H and O–H groups in total. The average Bonchev–Trinajstić information content (AvgIpc) is 2.65. The molecular formula is C12H17NO2. The Balaban J connectivity index is 1.90. The smallest absolute Gasteiger partial charge is 0.166 e. The normalized spacial score (nSPS) is 19.3. The molecule has 0 aliphatic carbocycles. The molecule has 0 bridgehead atoms. The van der Waals surface area contributed by atoms with E-state index >= 15 is 0 Å². The van der Waals surface area contributed by atoms with Gasteiger partial charge in [0.1, 0.15) is 0 Å². The predicted molar refractivity (Wildman–Crippen MR) is 59.5 cm³/mol. The summed E-state index contributed by atoms with van der Waals surface area (Å²) in [5, 5.41) is 0. The highest BCUT2D eigenvalue weighted by molar-refractivity contribution is 5.39. The molecule has 0 aromatic heterocycles. The lowest BCUT2D eigenvalue weighted by Gasteiger charge is -2.21. The molecule has 3 heteroatoms. The maximum atomic E-state index is 5.62. The van der Waals surface area contributed by atoms with Crippen molar-refractivity contribution in [1.82, 2.24) is 0 Å². The molecule has 82 valence electrons. The maximum Gasteiger partial charge on any atom is 0.166 e. The summed E-state index contributed by atoms with van der Waals surface area (Å²) >= 11 is 0. The summed E-state index contributed by atoms with van der Waals surface area (Å²) < 4.78 is 11.1. The van der Waals surface area contributed by atoms with Crippen LogP contribution in [0.15, 0.2) is 24.3 Å². The van der Waals surface area contributed by atoms with Crippen molar-refractivity contribution in [3.8, 4) is 0 Å². The van der Waals surface area contributed by atoms with Gasteiger partial charge in [0, 0.05) is 12.1 Å². The monoisotopic (exact) mass is 207 g/mol. The topological polar surface area (TPSA) is 44.5 Å². The van der Waals surface area contributed by atoms with Crippen molar-refractivity contribution < 1.29 is 9.47 Å². The zero-order valence-corrected chi connectivity index (χ0v) is 9.03. The zero-order valence-electron chi connectivity index (χ0n) is 9.03. The van der Waals surface area contributed by atoms with Gasteiger partial charge < -0.3 is 15.2 Å². The quantitative estimate of drug-likeness (QED) is 0.771. The molecule has 0 spiro atoms. The molecule has 1 aliphatic heterocycles. The second-order valence-electron chi connectivity index (χ2n) is 4.07. The third kappa shape index (κ3) is 2.70. The molecule has 1 aromatic rings. The van der Waals surface area contributed by atoms with Gasteiger partial charge in [0.15, 0.2) is 5.79 Å².